The number of carbonyl (C=O) groups is 2. The minimum atomic E-state index is -3.61. The van der Waals surface area contributed by atoms with Crippen LogP contribution < -0.4 is 10.1 Å². The molecular weight excluding hydrogens is 420 g/mol. The van der Waals surface area contributed by atoms with Crippen LogP contribution in [0.2, 0.25) is 5.02 Å². The fourth-order valence-corrected chi connectivity index (χ4v) is 3.34. The van der Waals surface area contributed by atoms with Crippen LogP contribution in [0.25, 0.3) is 0 Å². The molecule has 0 aliphatic heterocycles. The second kappa shape index (κ2) is 9.25. The second-order valence-electron chi connectivity index (χ2n) is 6.19. The van der Waals surface area contributed by atoms with Crippen LogP contribution in [0, 0.1) is 0 Å². The first-order valence-electron chi connectivity index (χ1n) is 8.44. The molecule has 0 aliphatic carbocycles. The van der Waals surface area contributed by atoms with E-state index in [9.17, 15) is 18.0 Å². The van der Waals surface area contributed by atoms with Gasteiger partial charge in [-0.15, -0.1) is 0 Å². The number of hydrogen-bond donors (Lipinski definition) is 1. The molecule has 0 radical (unpaired) electrons. The smallest absolute Gasteiger partial charge is 0.338 e. The fraction of sp³-hybridized carbons (Fsp3) is 0.263. The Morgan fingerprint density at radius 2 is 1.72 bits per heavy atom. The van der Waals surface area contributed by atoms with Crippen LogP contribution in [-0.4, -0.2) is 51.9 Å². The summed E-state index contributed by atoms with van der Waals surface area (Å²) in [5.74, 6) is -0.941. The van der Waals surface area contributed by atoms with Crippen molar-refractivity contribution in [3.63, 3.8) is 0 Å². The first-order chi connectivity index (χ1) is 13.6. The van der Waals surface area contributed by atoms with Gasteiger partial charge in [0.25, 0.3) is 5.91 Å². The Kier molecular flexibility index (Phi) is 7.23. The number of sulfonamides is 1. The Morgan fingerprint density at radius 3 is 2.28 bits per heavy atom. The summed E-state index contributed by atoms with van der Waals surface area (Å²) in [6.45, 7) is 1.41. The SMILES string of the molecule is COc1ccc(Cl)cc1NC(=O)[C@@H](C)OC(=O)c1ccc(S(=O)(=O)N(C)C)cc1. The number of hydrogen-bond acceptors (Lipinski definition) is 6. The Morgan fingerprint density at radius 1 is 1.10 bits per heavy atom. The summed E-state index contributed by atoms with van der Waals surface area (Å²) in [5, 5.41) is 2.99. The predicted octanol–water partition coefficient (Wildman–Crippen LogP) is 2.78. The molecule has 2 rings (SSSR count). The standard InChI is InChI=1S/C19H21ClN2O6S/c1-12(18(23)21-16-11-14(20)7-10-17(16)27-4)28-19(24)13-5-8-15(9-6-13)29(25,26)22(2)3/h5-12H,1-4H3,(H,21,23)/t12-/m1/s1. The zero-order chi connectivity index (χ0) is 21.8. The normalized spacial score (nSPS) is 12.3. The Bertz CT molecular complexity index is 1010. The molecule has 0 aliphatic rings. The lowest BCUT2D eigenvalue weighted by molar-refractivity contribution is -0.123. The number of amides is 1. The Balaban J connectivity index is 2.07. The second-order valence-corrected chi connectivity index (χ2v) is 8.78. The van der Waals surface area contributed by atoms with Crippen molar-refractivity contribution < 1.29 is 27.5 Å². The van der Waals surface area contributed by atoms with Gasteiger partial charge in [0.05, 0.1) is 23.3 Å². The maximum atomic E-state index is 12.3. The number of nitrogens with one attached hydrogen (secondary N) is 1. The van der Waals surface area contributed by atoms with E-state index in [1.54, 1.807) is 12.1 Å². The number of ether oxygens (including phenoxy) is 2. The molecule has 0 saturated heterocycles. The molecule has 0 heterocycles. The first-order valence-corrected chi connectivity index (χ1v) is 10.3. The van der Waals surface area contributed by atoms with E-state index in [1.807, 2.05) is 0 Å². The first kappa shape index (κ1) is 22.7. The van der Waals surface area contributed by atoms with Crippen LogP contribution in [0.5, 0.6) is 5.75 Å². The summed E-state index contributed by atoms with van der Waals surface area (Å²) < 4.78 is 35.5. The van der Waals surface area contributed by atoms with Gasteiger partial charge in [0.1, 0.15) is 5.75 Å². The molecule has 29 heavy (non-hydrogen) atoms. The van der Waals surface area contributed by atoms with E-state index < -0.39 is 28.0 Å². The summed E-state index contributed by atoms with van der Waals surface area (Å²) in [4.78, 5) is 24.7. The van der Waals surface area contributed by atoms with E-state index in [1.165, 1.54) is 58.5 Å². The number of nitrogens with zero attached hydrogens (tertiary/aromatic N) is 1. The van der Waals surface area contributed by atoms with E-state index in [0.717, 1.165) is 4.31 Å². The molecule has 0 aromatic heterocycles. The average molecular weight is 441 g/mol. The van der Waals surface area contributed by atoms with Crippen molar-refractivity contribution in [2.45, 2.75) is 17.9 Å². The van der Waals surface area contributed by atoms with Crippen molar-refractivity contribution in [2.24, 2.45) is 0 Å². The van der Waals surface area contributed by atoms with E-state index in [2.05, 4.69) is 5.32 Å². The Hall–Kier alpha value is -2.62. The fourth-order valence-electron chi connectivity index (χ4n) is 2.27. The lowest BCUT2D eigenvalue weighted by Crippen LogP contribution is -2.30. The third-order valence-corrected chi connectivity index (χ3v) is 6.01. The number of anilines is 1. The molecule has 0 fully saturated rings. The molecule has 0 spiro atoms. The molecule has 0 unspecified atom stereocenters. The zero-order valence-corrected chi connectivity index (χ0v) is 17.9. The van der Waals surface area contributed by atoms with Crippen molar-refractivity contribution >= 4 is 39.2 Å². The lowest BCUT2D eigenvalue weighted by atomic mass is 10.2. The molecule has 1 amide bonds. The van der Waals surface area contributed by atoms with Crippen LogP contribution >= 0.6 is 11.6 Å². The van der Waals surface area contributed by atoms with Crippen molar-refractivity contribution in [1.29, 1.82) is 0 Å². The molecule has 8 nitrogen and oxygen atoms in total. The van der Waals surface area contributed by atoms with E-state index in [-0.39, 0.29) is 10.5 Å². The molecular formula is C19H21ClN2O6S. The zero-order valence-electron chi connectivity index (χ0n) is 16.3. The van der Waals surface area contributed by atoms with Crippen LogP contribution in [0.3, 0.4) is 0 Å². The number of halogens is 1. The van der Waals surface area contributed by atoms with Crippen molar-refractivity contribution in [1.82, 2.24) is 4.31 Å². The van der Waals surface area contributed by atoms with Gasteiger partial charge in [0.15, 0.2) is 6.10 Å². The number of carbonyl (C=O) groups excluding carboxylic acids is 2. The average Bonchev–Trinajstić information content (AvgIpc) is 2.68. The highest BCUT2D eigenvalue weighted by Gasteiger charge is 2.22. The molecule has 0 bridgehead atoms. The quantitative estimate of drug-likeness (QED) is 0.664. The minimum absolute atomic E-state index is 0.0397. The van der Waals surface area contributed by atoms with Gasteiger partial charge in [-0.2, -0.15) is 0 Å². The predicted molar refractivity (Wildman–Crippen MR) is 109 cm³/mol. The topological polar surface area (TPSA) is 102 Å². The van der Waals surface area contributed by atoms with Crippen molar-refractivity contribution in [3.8, 4) is 5.75 Å². The summed E-state index contributed by atoms with van der Waals surface area (Å²) in [6.07, 6.45) is -1.11. The third kappa shape index (κ3) is 5.47. The van der Waals surface area contributed by atoms with E-state index in [0.29, 0.717) is 16.5 Å². The minimum Gasteiger partial charge on any atom is -0.495 e. The maximum absolute atomic E-state index is 12.3. The summed E-state index contributed by atoms with van der Waals surface area (Å²) >= 11 is 5.93. The largest absolute Gasteiger partial charge is 0.495 e. The molecule has 1 N–H and O–H groups in total. The van der Waals surface area contributed by atoms with Gasteiger partial charge in [0, 0.05) is 19.1 Å². The number of benzene rings is 2. The summed E-state index contributed by atoms with van der Waals surface area (Å²) in [6, 6.07) is 9.96. The molecule has 10 heteroatoms. The third-order valence-electron chi connectivity index (χ3n) is 3.94. The van der Waals surface area contributed by atoms with Gasteiger partial charge >= 0.3 is 5.97 Å². The van der Waals surface area contributed by atoms with Crippen LogP contribution in [0.4, 0.5) is 5.69 Å². The van der Waals surface area contributed by atoms with Gasteiger partial charge in [-0.05, 0) is 49.4 Å². The number of esters is 1. The monoisotopic (exact) mass is 440 g/mol. The van der Waals surface area contributed by atoms with Crippen LogP contribution in [0.1, 0.15) is 17.3 Å². The maximum Gasteiger partial charge on any atom is 0.338 e. The molecule has 156 valence electrons. The van der Waals surface area contributed by atoms with Crippen LogP contribution in [-0.2, 0) is 19.6 Å². The molecule has 0 saturated carbocycles. The van der Waals surface area contributed by atoms with Crippen molar-refractivity contribution in [2.75, 3.05) is 26.5 Å². The van der Waals surface area contributed by atoms with Gasteiger partial charge in [-0.3, -0.25) is 4.79 Å². The number of rotatable bonds is 7. The highest BCUT2D eigenvalue weighted by atomic mass is 35.5. The molecule has 1 atom stereocenters. The highest BCUT2D eigenvalue weighted by Crippen LogP contribution is 2.28. The Labute approximate surface area is 174 Å². The summed E-state index contributed by atoms with van der Waals surface area (Å²) in [7, 11) is 0.660. The highest BCUT2D eigenvalue weighted by molar-refractivity contribution is 7.89. The molecule has 2 aromatic carbocycles. The van der Waals surface area contributed by atoms with Gasteiger partial charge < -0.3 is 14.8 Å². The molecule has 2 aromatic rings. The van der Waals surface area contributed by atoms with E-state index in [4.69, 9.17) is 21.1 Å². The van der Waals surface area contributed by atoms with Crippen LogP contribution in [0.15, 0.2) is 47.4 Å². The van der Waals surface area contributed by atoms with E-state index >= 15 is 0 Å². The van der Waals surface area contributed by atoms with Gasteiger partial charge in [0.2, 0.25) is 10.0 Å². The lowest BCUT2D eigenvalue weighted by Gasteiger charge is -2.16. The number of methoxy groups -OCH3 is 1. The summed E-state index contributed by atoms with van der Waals surface area (Å²) in [5.41, 5.74) is 0.453. The van der Waals surface area contributed by atoms with Crippen molar-refractivity contribution in [3.05, 3.63) is 53.1 Å². The van der Waals surface area contributed by atoms with Gasteiger partial charge in [-0.1, -0.05) is 11.6 Å². The van der Waals surface area contributed by atoms with Gasteiger partial charge in [-0.25, -0.2) is 17.5 Å².